The van der Waals surface area contributed by atoms with E-state index < -0.39 is 0 Å². The predicted molar refractivity (Wildman–Crippen MR) is 106 cm³/mol. The molecule has 0 aliphatic carbocycles. The molecule has 2 aromatic rings. The number of anilines is 1. The van der Waals surface area contributed by atoms with Gasteiger partial charge in [-0.05, 0) is 49.8 Å². The van der Waals surface area contributed by atoms with Gasteiger partial charge in [0.25, 0.3) is 0 Å². The Hall–Kier alpha value is -1.37. The minimum atomic E-state index is 0.199. The molecule has 0 bridgehead atoms. The van der Waals surface area contributed by atoms with Crippen LogP contribution in [0, 0.1) is 5.92 Å². The third-order valence-corrected chi connectivity index (χ3v) is 6.60. The lowest BCUT2D eigenvalue weighted by molar-refractivity contribution is -0.123. The van der Waals surface area contributed by atoms with E-state index in [1.807, 2.05) is 18.2 Å². The first-order chi connectivity index (χ1) is 12.7. The lowest BCUT2D eigenvalue weighted by atomic mass is 9.93. The number of fused-ring (bicyclic) bond motifs is 1. The molecule has 1 aromatic heterocycles. The zero-order valence-corrected chi connectivity index (χ0v) is 16.3. The zero-order valence-electron chi connectivity index (χ0n) is 14.7. The van der Waals surface area contributed by atoms with Crippen molar-refractivity contribution in [3.63, 3.8) is 0 Å². The Bertz CT molecular complexity index is 767. The highest BCUT2D eigenvalue weighted by atomic mass is 35.5. The molecule has 5 nitrogen and oxygen atoms in total. The van der Waals surface area contributed by atoms with Gasteiger partial charge < -0.3 is 15.0 Å². The molecule has 1 N–H and O–H groups in total. The molecule has 3 heterocycles. The van der Waals surface area contributed by atoms with E-state index in [9.17, 15) is 4.79 Å². The van der Waals surface area contributed by atoms with Gasteiger partial charge in [0.2, 0.25) is 5.91 Å². The molecule has 0 unspecified atom stereocenters. The van der Waals surface area contributed by atoms with Crippen molar-refractivity contribution in [1.82, 2.24) is 10.3 Å². The summed E-state index contributed by atoms with van der Waals surface area (Å²) in [5, 5.41) is 4.99. The van der Waals surface area contributed by atoms with Crippen LogP contribution in [0.15, 0.2) is 18.2 Å². The van der Waals surface area contributed by atoms with Crippen LogP contribution < -0.4 is 10.2 Å². The Labute approximate surface area is 162 Å². The van der Waals surface area contributed by atoms with Crippen LogP contribution in [0.1, 0.15) is 32.1 Å². The highest BCUT2D eigenvalue weighted by molar-refractivity contribution is 7.22. The smallest absolute Gasteiger partial charge is 0.220 e. The molecular formula is C19H24ClN3O2S. The second kappa shape index (κ2) is 8.11. The summed E-state index contributed by atoms with van der Waals surface area (Å²) in [6.45, 7) is 3.44. The van der Waals surface area contributed by atoms with Crippen molar-refractivity contribution in [1.29, 1.82) is 0 Å². The summed E-state index contributed by atoms with van der Waals surface area (Å²) < 4.78 is 6.47. The number of aromatic nitrogens is 1. The number of nitrogens with zero attached hydrogens (tertiary/aromatic N) is 2. The first kappa shape index (κ1) is 18.0. The number of rotatable bonds is 4. The van der Waals surface area contributed by atoms with Crippen molar-refractivity contribution in [2.24, 2.45) is 5.92 Å². The average molecular weight is 394 g/mol. The van der Waals surface area contributed by atoms with Gasteiger partial charge in [-0.3, -0.25) is 4.79 Å². The van der Waals surface area contributed by atoms with Crippen LogP contribution in [0.2, 0.25) is 5.02 Å². The molecule has 0 atom stereocenters. The van der Waals surface area contributed by atoms with Crippen molar-refractivity contribution in [3.05, 3.63) is 23.2 Å². The highest BCUT2D eigenvalue weighted by Crippen LogP contribution is 2.33. The fraction of sp³-hybridized carbons (Fsp3) is 0.579. The SMILES string of the molecule is O=C(CC1CCN(c2nc3ccc(Cl)cc3s2)CC1)NC1CCOCC1. The van der Waals surface area contributed by atoms with Crippen LogP contribution in [0.4, 0.5) is 5.13 Å². The van der Waals surface area contributed by atoms with Gasteiger partial charge in [-0.2, -0.15) is 0 Å². The predicted octanol–water partition coefficient (Wildman–Crippen LogP) is 3.85. The van der Waals surface area contributed by atoms with Gasteiger partial charge in [0.05, 0.1) is 10.2 Å². The number of nitrogens with one attached hydrogen (secondary N) is 1. The molecule has 2 saturated heterocycles. The number of benzene rings is 1. The van der Waals surface area contributed by atoms with Gasteiger partial charge in [-0.25, -0.2) is 4.98 Å². The minimum Gasteiger partial charge on any atom is -0.381 e. The number of hydrogen-bond acceptors (Lipinski definition) is 5. The third kappa shape index (κ3) is 4.30. The summed E-state index contributed by atoms with van der Waals surface area (Å²) in [6.07, 6.45) is 4.59. The van der Waals surface area contributed by atoms with Crippen molar-refractivity contribution in [3.8, 4) is 0 Å². The molecule has 140 valence electrons. The quantitative estimate of drug-likeness (QED) is 0.857. The van der Waals surface area contributed by atoms with E-state index in [1.165, 1.54) is 0 Å². The van der Waals surface area contributed by atoms with E-state index in [0.29, 0.717) is 18.4 Å². The van der Waals surface area contributed by atoms with Gasteiger partial charge >= 0.3 is 0 Å². The van der Waals surface area contributed by atoms with E-state index >= 15 is 0 Å². The highest BCUT2D eigenvalue weighted by Gasteiger charge is 2.24. The van der Waals surface area contributed by atoms with Gasteiger partial charge in [-0.1, -0.05) is 22.9 Å². The van der Waals surface area contributed by atoms with Gasteiger partial charge in [-0.15, -0.1) is 0 Å². The molecule has 0 spiro atoms. The summed E-state index contributed by atoms with van der Waals surface area (Å²) in [5.41, 5.74) is 1.01. The largest absolute Gasteiger partial charge is 0.381 e. The molecule has 7 heteroatoms. The first-order valence-electron chi connectivity index (χ1n) is 9.35. The van der Waals surface area contributed by atoms with Gasteiger partial charge in [0.1, 0.15) is 0 Å². The fourth-order valence-electron chi connectivity index (χ4n) is 3.74. The molecule has 1 aromatic carbocycles. The fourth-order valence-corrected chi connectivity index (χ4v) is 5.03. The lowest BCUT2D eigenvalue weighted by Gasteiger charge is -2.32. The molecule has 2 aliphatic heterocycles. The summed E-state index contributed by atoms with van der Waals surface area (Å²) in [6, 6.07) is 6.14. The Morgan fingerprint density at radius 3 is 2.81 bits per heavy atom. The maximum Gasteiger partial charge on any atom is 0.220 e. The third-order valence-electron chi connectivity index (χ3n) is 5.28. The number of thiazole rings is 1. The summed E-state index contributed by atoms with van der Waals surface area (Å²) >= 11 is 7.77. The minimum absolute atomic E-state index is 0.199. The van der Waals surface area contributed by atoms with E-state index in [0.717, 1.165) is 72.4 Å². The molecule has 26 heavy (non-hydrogen) atoms. The topological polar surface area (TPSA) is 54.5 Å². The van der Waals surface area contributed by atoms with E-state index in [-0.39, 0.29) is 5.91 Å². The maximum absolute atomic E-state index is 12.3. The monoisotopic (exact) mass is 393 g/mol. The number of amides is 1. The van der Waals surface area contributed by atoms with Crippen molar-refractivity contribution < 1.29 is 9.53 Å². The molecule has 2 fully saturated rings. The van der Waals surface area contributed by atoms with E-state index in [4.69, 9.17) is 21.3 Å². The lowest BCUT2D eigenvalue weighted by Crippen LogP contribution is -2.41. The molecule has 0 radical (unpaired) electrons. The number of carbonyl (C=O) groups excluding carboxylic acids is 1. The summed E-state index contributed by atoms with van der Waals surface area (Å²) in [4.78, 5) is 19.4. The molecule has 0 saturated carbocycles. The van der Waals surface area contributed by atoms with Crippen LogP contribution in [-0.2, 0) is 9.53 Å². The Morgan fingerprint density at radius 1 is 1.27 bits per heavy atom. The molecule has 2 aliphatic rings. The Balaban J connectivity index is 1.28. The van der Waals surface area contributed by atoms with Crippen LogP contribution in [0.25, 0.3) is 10.2 Å². The molecule has 4 rings (SSSR count). The second-order valence-corrected chi connectivity index (χ2v) is 8.64. The summed E-state index contributed by atoms with van der Waals surface area (Å²) in [5.74, 6) is 0.667. The van der Waals surface area contributed by atoms with Crippen molar-refractivity contribution >= 4 is 44.2 Å². The second-order valence-electron chi connectivity index (χ2n) is 7.20. The standard InChI is InChI=1S/C19H24ClN3O2S/c20-14-1-2-16-17(12-14)26-19(22-16)23-7-3-13(4-8-23)11-18(24)21-15-5-9-25-10-6-15/h1-2,12-13,15H,3-11H2,(H,21,24). The zero-order chi connectivity index (χ0) is 17.9. The van der Waals surface area contributed by atoms with Gasteiger partial charge in [0, 0.05) is 43.8 Å². The van der Waals surface area contributed by atoms with Crippen molar-refractivity contribution in [2.75, 3.05) is 31.2 Å². The van der Waals surface area contributed by atoms with Crippen LogP contribution in [0.3, 0.4) is 0 Å². The molecular weight excluding hydrogens is 370 g/mol. The Kier molecular flexibility index (Phi) is 5.62. The number of hydrogen-bond donors (Lipinski definition) is 1. The van der Waals surface area contributed by atoms with Crippen LogP contribution in [-0.4, -0.2) is 43.2 Å². The summed E-state index contributed by atoms with van der Waals surface area (Å²) in [7, 11) is 0. The van der Waals surface area contributed by atoms with Crippen LogP contribution >= 0.6 is 22.9 Å². The van der Waals surface area contributed by atoms with E-state index in [1.54, 1.807) is 11.3 Å². The maximum atomic E-state index is 12.3. The van der Waals surface area contributed by atoms with Crippen LogP contribution in [0.5, 0.6) is 0 Å². The first-order valence-corrected chi connectivity index (χ1v) is 10.5. The van der Waals surface area contributed by atoms with Crippen molar-refractivity contribution in [2.45, 2.75) is 38.1 Å². The van der Waals surface area contributed by atoms with E-state index in [2.05, 4.69) is 10.2 Å². The number of ether oxygens (including phenoxy) is 1. The number of carbonyl (C=O) groups is 1. The van der Waals surface area contributed by atoms with Gasteiger partial charge in [0.15, 0.2) is 5.13 Å². The average Bonchev–Trinajstić information content (AvgIpc) is 3.06. The molecule has 1 amide bonds. The number of piperidine rings is 1. The number of halogens is 1. The Morgan fingerprint density at radius 2 is 2.04 bits per heavy atom. The normalized spacial score (nSPS) is 19.8.